The highest BCUT2D eigenvalue weighted by molar-refractivity contribution is 5.96. The molecule has 24 heavy (non-hydrogen) atoms. The van der Waals surface area contributed by atoms with E-state index >= 15 is 0 Å². The lowest BCUT2D eigenvalue weighted by atomic mass is 10.2. The van der Waals surface area contributed by atoms with Gasteiger partial charge in [0.1, 0.15) is 6.33 Å². The van der Waals surface area contributed by atoms with Gasteiger partial charge in [-0.25, -0.2) is 4.98 Å². The number of amides is 2. The summed E-state index contributed by atoms with van der Waals surface area (Å²) >= 11 is 0. The van der Waals surface area contributed by atoms with E-state index in [-0.39, 0.29) is 18.4 Å². The van der Waals surface area contributed by atoms with Gasteiger partial charge in [0.2, 0.25) is 5.91 Å². The third-order valence-electron chi connectivity index (χ3n) is 3.64. The maximum Gasteiger partial charge on any atom is 0.251 e. The van der Waals surface area contributed by atoms with Gasteiger partial charge in [-0.1, -0.05) is 12.1 Å². The minimum absolute atomic E-state index is 0.0272. The van der Waals surface area contributed by atoms with Crippen LogP contribution in [0.25, 0.3) is 16.7 Å². The summed E-state index contributed by atoms with van der Waals surface area (Å²) in [6, 6.07) is 15.0. The van der Waals surface area contributed by atoms with Gasteiger partial charge in [0, 0.05) is 17.8 Å². The number of nitrogens with zero attached hydrogens (tertiary/aromatic N) is 2. The molecule has 0 unspecified atom stereocenters. The molecule has 0 bridgehead atoms. The predicted octanol–water partition coefficient (Wildman–Crippen LogP) is 1.89. The summed E-state index contributed by atoms with van der Waals surface area (Å²) in [4.78, 5) is 27.8. The quantitative estimate of drug-likeness (QED) is 0.753. The lowest BCUT2D eigenvalue weighted by Crippen LogP contribution is -2.36. The van der Waals surface area contributed by atoms with Gasteiger partial charge in [-0.2, -0.15) is 0 Å². The fourth-order valence-electron chi connectivity index (χ4n) is 2.46. The van der Waals surface area contributed by atoms with Crippen LogP contribution in [0, 0.1) is 0 Å². The molecular formula is C18H18N4O2. The van der Waals surface area contributed by atoms with Gasteiger partial charge in [0.15, 0.2) is 0 Å². The number of fused-ring (bicyclic) bond motifs is 1. The first-order chi connectivity index (χ1) is 11.7. The van der Waals surface area contributed by atoms with Gasteiger partial charge < -0.3 is 10.6 Å². The van der Waals surface area contributed by atoms with E-state index in [1.807, 2.05) is 47.9 Å². The zero-order valence-electron chi connectivity index (χ0n) is 13.3. The van der Waals surface area contributed by atoms with E-state index < -0.39 is 0 Å². The molecule has 6 heteroatoms. The first-order valence-corrected chi connectivity index (χ1v) is 7.76. The van der Waals surface area contributed by atoms with Crippen LogP contribution in [-0.2, 0) is 4.79 Å². The Bertz CT molecular complexity index is 868. The van der Waals surface area contributed by atoms with E-state index in [2.05, 4.69) is 15.6 Å². The lowest BCUT2D eigenvalue weighted by molar-refractivity contribution is -0.120. The van der Waals surface area contributed by atoms with Gasteiger partial charge in [0.25, 0.3) is 5.91 Å². The predicted molar refractivity (Wildman–Crippen MR) is 92.1 cm³/mol. The Morgan fingerprint density at radius 3 is 2.54 bits per heavy atom. The topological polar surface area (TPSA) is 76.0 Å². The highest BCUT2D eigenvalue weighted by Crippen LogP contribution is 2.18. The number of hydrogen-bond acceptors (Lipinski definition) is 3. The van der Waals surface area contributed by atoms with Crippen LogP contribution in [0.3, 0.4) is 0 Å². The summed E-state index contributed by atoms with van der Waals surface area (Å²) in [7, 11) is 0. The van der Waals surface area contributed by atoms with Crippen molar-refractivity contribution in [2.45, 2.75) is 6.92 Å². The van der Waals surface area contributed by atoms with Crippen LogP contribution in [0.2, 0.25) is 0 Å². The molecule has 0 saturated carbocycles. The van der Waals surface area contributed by atoms with E-state index in [4.69, 9.17) is 0 Å². The van der Waals surface area contributed by atoms with Crippen LogP contribution in [0.5, 0.6) is 0 Å². The fraction of sp³-hybridized carbons (Fsp3) is 0.167. The van der Waals surface area contributed by atoms with Crippen LogP contribution in [0.15, 0.2) is 54.9 Å². The fourth-order valence-corrected chi connectivity index (χ4v) is 2.46. The van der Waals surface area contributed by atoms with Crippen molar-refractivity contribution in [2.24, 2.45) is 0 Å². The second-order valence-electron chi connectivity index (χ2n) is 5.29. The molecule has 0 fully saturated rings. The maximum absolute atomic E-state index is 12.1. The van der Waals surface area contributed by atoms with Gasteiger partial charge in [0.05, 0.1) is 17.6 Å². The van der Waals surface area contributed by atoms with Crippen molar-refractivity contribution in [3.63, 3.8) is 0 Å². The monoisotopic (exact) mass is 322 g/mol. The Morgan fingerprint density at radius 1 is 1.04 bits per heavy atom. The van der Waals surface area contributed by atoms with Crippen LogP contribution in [0.4, 0.5) is 0 Å². The molecule has 1 heterocycles. The molecule has 0 aliphatic heterocycles. The second-order valence-corrected chi connectivity index (χ2v) is 5.29. The molecule has 3 aromatic rings. The van der Waals surface area contributed by atoms with Crippen molar-refractivity contribution in [3.05, 3.63) is 60.4 Å². The summed E-state index contributed by atoms with van der Waals surface area (Å²) in [6.07, 6.45) is 1.76. The van der Waals surface area contributed by atoms with Crippen molar-refractivity contribution >= 4 is 22.8 Å². The molecule has 0 spiro atoms. The van der Waals surface area contributed by atoms with E-state index in [0.717, 1.165) is 16.7 Å². The third kappa shape index (κ3) is 3.27. The molecule has 2 N–H and O–H groups in total. The molecule has 0 aliphatic rings. The molecule has 0 saturated heterocycles. The smallest absolute Gasteiger partial charge is 0.251 e. The summed E-state index contributed by atoms with van der Waals surface area (Å²) in [5.74, 6) is -0.476. The van der Waals surface area contributed by atoms with Crippen LogP contribution >= 0.6 is 0 Å². The Morgan fingerprint density at radius 2 is 1.79 bits per heavy atom. The Kier molecular flexibility index (Phi) is 4.56. The largest absolute Gasteiger partial charge is 0.355 e. The number of benzene rings is 2. The second kappa shape index (κ2) is 6.95. The lowest BCUT2D eigenvalue weighted by Gasteiger charge is -2.07. The standard InChI is InChI=1S/C18H18N4O2/c1-2-19-17(23)11-20-18(24)13-7-9-14(10-8-13)22-12-21-15-5-3-4-6-16(15)22/h3-10,12H,2,11H2,1H3,(H,19,23)(H,20,24). The average molecular weight is 322 g/mol. The van der Waals surface area contributed by atoms with Crippen LogP contribution in [-0.4, -0.2) is 34.5 Å². The first-order valence-electron chi connectivity index (χ1n) is 7.76. The van der Waals surface area contributed by atoms with Crippen molar-refractivity contribution < 1.29 is 9.59 Å². The van der Waals surface area contributed by atoms with Crippen molar-refractivity contribution in [1.29, 1.82) is 0 Å². The molecule has 3 rings (SSSR count). The van der Waals surface area contributed by atoms with Gasteiger partial charge in [-0.3, -0.25) is 14.2 Å². The zero-order chi connectivity index (χ0) is 16.9. The van der Waals surface area contributed by atoms with Crippen molar-refractivity contribution in [1.82, 2.24) is 20.2 Å². The number of rotatable bonds is 5. The molecule has 0 atom stereocenters. The van der Waals surface area contributed by atoms with E-state index in [1.165, 1.54) is 0 Å². The Hall–Kier alpha value is -3.15. The highest BCUT2D eigenvalue weighted by Gasteiger charge is 2.09. The van der Waals surface area contributed by atoms with Gasteiger partial charge in [-0.05, 0) is 43.3 Å². The van der Waals surface area contributed by atoms with E-state index in [9.17, 15) is 9.59 Å². The summed E-state index contributed by atoms with van der Waals surface area (Å²) in [5.41, 5.74) is 3.35. The zero-order valence-corrected chi connectivity index (χ0v) is 13.3. The van der Waals surface area contributed by atoms with E-state index in [1.54, 1.807) is 18.5 Å². The van der Waals surface area contributed by atoms with Crippen LogP contribution in [0.1, 0.15) is 17.3 Å². The maximum atomic E-state index is 12.1. The molecule has 0 aliphatic carbocycles. The number of imidazole rings is 1. The third-order valence-corrected chi connectivity index (χ3v) is 3.64. The number of para-hydroxylation sites is 2. The first kappa shape index (κ1) is 15.7. The number of hydrogen-bond donors (Lipinski definition) is 2. The molecule has 1 aromatic heterocycles. The number of aromatic nitrogens is 2. The number of carbonyl (C=O) groups is 2. The summed E-state index contributed by atoms with van der Waals surface area (Å²) in [6.45, 7) is 2.35. The summed E-state index contributed by atoms with van der Waals surface area (Å²) < 4.78 is 1.96. The minimum Gasteiger partial charge on any atom is -0.355 e. The molecule has 2 amide bonds. The molecule has 0 radical (unpaired) electrons. The molecule has 122 valence electrons. The Balaban J connectivity index is 1.73. The minimum atomic E-state index is -0.275. The van der Waals surface area contributed by atoms with Crippen LogP contribution < -0.4 is 10.6 Å². The number of carbonyl (C=O) groups excluding carboxylic acids is 2. The van der Waals surface area contributed by atoms with Crippen molar-refractivity contribution in [3.8, 4) is 5.69 Å². The summed E-state index contributed by atoms with van der Waals surface area (Å²) in [5, 5.41) is 5.23. The number of likely N-dealkylation sites (N-methyl/N-ethyl adjacent to an activating group) is 1. The Labute approximate surface area is 139 Å². The normalized spacial score (nSPS) is 10.5. The van der Waals surface area contributed by atoms with E-state index in [0.29, 0.717) is 12.1 Å². The SMILES string of the molecule is CCNC(=O)CNC(=O)c1ccc(-n2cnc3ccccc32)cc1. The molecule has 2 aromatic carbocycles. The molecule has 6 nitrogen and oxygen atoms in total. The van der Waals surface area contributed by atoms with Crippen molar-refractivity contribution in [2.75, 3.05) is 13.1 Å². The molecular weight excluding hydrogens is 304 g/mol. The number of nitrogens with one attached hydrogen (secondary N) is 2. The average Bonchev–Trinajstić information content (AvgIpc) is 3.04. The van der Waals surface area contributed by atoms with Gasteiger partial charge in [-0.15, -0.1) is 0 Å². The highest BCUT2D eigenvalue weighted by atomic mass is 16.2. The van der Waals surface area contributed by atoms with Gasteiger partial charge >= 0.3 is 0 Å².